The van der Waals surface area contributed by atoms with Gasteiger partial charge in [0.2, 0.25) is 0 Å². The van der Waals surface area contributed by atoms with Gasteiger partial charge in [0.15, 0.2) is 0 Å². The zero-order valence-electron chi connectivity index (χ0n) is 24.0. The van der Waals surface area contributed by atoms with Gasteiger partial charge in [-0.25, -0.2) is 14.4 Å². The molecule has 0 atom stereocenters. The summed E-state index contributed by atoms with van der Waals surface area (Å²) in [5.74, 6) is 17.7. The van der Waals surface area contributed by atoms with Crippen LogP contribution in [0.3, 0.4) is 0 Å². The summed E-state index contributed by atoms with van der Waals surface area (Å²) in [6, 6.07) is 26.1. The maximum Gasteiger partial charge on any atom is 0.335 e. The fourth-order valence-electron chi connectivity index (χ4n) is 3.53. The van der Waals surface area contributed by atoms with Crippen molar-refractivity contribution in [2.45, 2.75) is 0 Å². The van der Waals surface area contributed by atoms with Gasteiger partial charge in [-0.3, -0.25) is 0 Å². The smallest absolute Gasteiger partial charge is 0.335 e. The Bertz CT molecular complexity index is 1960. The second-order valence-corrected chi connectivity index (χ2v) is 8.96. The van der Waals surface area contributed by atoms with E-state index in [2.05, 4.69) is 55.3 Å². The number of ether oxygens (including phenoxy) is 3. The lowest BCUT2D eigenvalue weighted by Crippen LogP contribution is -2.04. The standard InChI is InChI=1S/C39H24O6/c1-4-37(40)43-34-23-17-30(18-24-34)12-9-28-7-10-29(11-8-28)15-21-33-22-16-32(27-36(33)45-39(42)6-3)14-13-31-19-25-35(26-20-31)44-38(41)5-2/h4-8,10-11,16-20,22-27H,1-3H2. The average molecular weight is 589 g/mol. The Morgan fingerprint density at radius 2 is 0.778 bits per heavy atom. The molecule has 0 saturated carbocycles. The minimum Gasteiger partial charge on any atom is -0.423 e. The number of hydrogen-bond acceptors (Lipinski definition) is 6. The predicted octanol–water partition coefficient (Wildman–Crippen LogP) is 6.16. The van der Waals surface area contributed by atoms with E-state index < -0.39 is 17.9 Å². The van der Waals surface area contributed by atoms with Crippen molar-refractivity contribution in [3.05, 3.63) is 162 Å². The summed E-state index contributed by atoms with van der Waals surface area (Å²) in [6.07, 6.45) is 3.26. The molecule has 216 valence electrons. The summed E-state index contributed by atoms with van der Waals surface area (Å²) in [5, 5.41) is 0. The Kier molecular flexibility index (Phi) is 10.7. The summed E-state index contributed by atoms with van der Waals surface area (Å²) < 4.78 is 15.6. The highest BCUT2D eigenvalue weighted by Crippen LogP contribution is 2.21. The van der Waals surface area contributed by atoms with Gasteiger partial charge in [0.25, 0.3) is 0 Å². The summed E-state index contributed by atoms with van der Waals surface area (Å²) in [4.78, 5) is 34.6. The molecule has 0 radical (unpaired) electrons. The topological polar surface area (TPSA) is 78.9 Å². The fraction of sp³-hybridized carbons (Fsp3) is 0. The molecular weight excluding hydrogens is 564 g/mol. The van der Waals surface area contributed by atoms with Gasteiger partial charge in [0, 0.05) is 46.0 Å². The van der Waals surface area contributed by atoms with Crippen molar-refractivity contribution in [2.24, 2.45) is 0 Å². The van der Waals surface area contributed by atoms with E-state index in [0.717, 1.165) is 34.9 Å². The maximum absolute atomic E-state index is 12.0. The zero-order chi connectivity index (χ0) is 32.0. The molecule has 6 heteroatoms. The first-order valence-corrected chi connectivity index (χ1v) is 13.4. The molecule has 0 aliphatic heterocycles. The van der Waals surface area contributed by atoms with E-state index in [1.54, 1.807) is 66.7 Å². The molecule has 0 N–H and O–H groups in total. The Morgan fingerprint density at radius 3 is 1.20 bits per heavy atom. The van der Waals surface area contributed by atoms with Gasteiger partial charge in [0.1, 0.15) is 17.2 Å². The monoisotopic (exact) mass is 588 g/mol. The average Bonchev–Trinajstić information content (AvgIpc) is 3.07. The van der Waals surface area contributed by atoms with Gasteiger partial charge in [-0.2, -0.15) is 0 Å². The van der Waals surface area contributed by atoms with Crippen LogP contribution in [0.5, 0.6) is 17.2 Å². The minimum atomic E-state index is -0.622. The lowest BCUT2D eigenvalue weighted by molar-refractivity contribution is -0.129. The molecule has 4 aromatic rings. The molecule has 6 nitrogen and oxygen atoms in total. The third kappa shape index (κ3) is 9.62. The van der Waals surface area contributed by atoms with Crippen LogP contribution in [0.25, 0.3) is 0 Å². The molecule has 45 heavy (non-hydrogen) atoms. The molecule has 0 unspecified atom stereocenters. The van der Waals surface area contributed by atoms with Crippen LogP contribution in [0.15, 0.2) is 129 Å². The second kappa shape index (κ2) is 15.4. The quantitative estimate of drug-likeness (QED) is 0.116. The predicted molar refractivity (Wildman–Crippen MR) is 171 cm³/mol. The molecule has 0 aromatic heterocycles. The Hall–Kier alpha value is -6.81. The Morgan fingerprint density at radius 1 is 0.444 bits per heavy atom. The fourth-order valence-corrected chi connectivity index (χ4v) is 3.53. The lowest BCUT2D eigenvalue weighted by Gasteiger charge is -2.05. The zero-order valence-corrected chi connectivity index (χ0v) is 24.0. The SMILES string of the molecule is C=CC(=O)Oc1ccc(C#Cc2ccc(C#Cc3ccc(C#Cc4ccc(OC(=O)C=C)cc4)cc3OC(=O)C=C)cc2)cc1. The third-order valence-electron chi connectivity index (χ3n) is 5.77. The van der Waals surface area contributed by atoms with Gasteiger partial charge < -0.3 is 14.2 Å². The number of carbonyl (C=O) groups is 3. The lowest BCUT2D eigenvalue weighted by atomic mass is 10.1. The molecule has 4 aromatic carbocycles. The molecule has 0 spiro atoms. The summed E-state index contributed by atoms with van der Waals surface area (Å²) in [5.41, 5.74) is 4.08. The highest BCUT2D eigenvalue weighted by Gasteiger charge is 2.07. The molecule has 0 bridgehead atoms. The van der Waals surface area contributed by atoms with Gasteiger partial charge in [-0.05, 0) is 91.0 Å². The molecule has 0 fully saturated rings. The van der Waals surface area contributed by atoms with E-state index in [9.17, 15) is 14.4 Å². The van der Waals surface area contributed by atoms with Crippen LogP contribution in [0.1, 0.15) is 33.4 Å². The van der Waals surface area contributed by atoms with Gasteiger partial charge in [-0.15, -0.1) is 0 Å². The number of esters is 3. The first-order valence-electron chi connectivity index (χ1n) is 13.4. The van der Waals surface area contributed by atoms with Crippen molar-refractivity contribution in [1.29, 1.82) is 0 Å². The van der Waals surface area contributed by atoms with Gasteiger partial charge >= 0.3 is 17.9 Å². The maximum atomic E-state index is 12.0. The van der Waals surface area contributed by atoms with Crippen LogP contribution in [-0.4, -0.2) is 17.9 Å². The van der Waals surface area contributed by atoms with E-state index in [-0.39, 0.29) is 5.75 Å². The van der Waals surface area contributed by atoms with Crippen molar-refractivity contribution >= 4 is 17.9 Å². The van der Waals surface area contributed by atoms with Crippen LogP contribution < -0.4 is 14.2 Å². The van der Waals surface area contributed by atoms with Gasteiger partial charge in [0.05, 0.1) is 5.56 Å². The largest absolute Gasteiger partial charge is 0.423 e. The molecule has 0 aliphatic carbocycles. The number of hydrogen-bond donors (Lipinski definition) is 0. The number of benzene rings is 4. The number of carbonyl (C=O) groups excluding carboxylic acids is 3. The Labute approximate surface area is 261 Å². The number of rotatable bonds is 6. The highest BCUT2D eigenvalue weighted by atomic mass is 16.5. The van der Waals surface area contributed by atoms with Crippen LogP contribution in [0.4, 0.5) is 0 Å². The molecular formula is C39H24O6. The summed E-state index contributed by atoms with van der Waals surface area (Å²) in [7, 11) is 0. The van der Waals surface area contributed by atoms with E-state index in [4.69, 9.17) is 14.2 Å². The molecule has 0 amide bonds. The van der Waals surface area contributed by atoms with Crippen LogP contribution in [0, 0.1) is 35.5 Å². The summed E-state index contributed by atoms with van der Waals surface area (Å²) >= 11 is 0. The van der Waals surface area contributed by atoms with Crippen LogP contribution in [0.2, 0.25) is 0 Å². The molecule has 0 heterocycles. The highest BCUT2D eigenvalue weighted by molar-refractivity contribution is 5.84. The molecule has 0 saturated heterocycles. The first kappa shape index (κ1) is 31.1. The van der Waals surface area contributed by atoms with Crippen molar-refractivity contribution in [2.75, 3.05) is 0 Å². The van der Waals surface area contributed by atoms with Gasteiger partial charge in [-0.1, -0.05) is 55.3 Å². The van der Waals surface area contributed by atoms with E-state index >= 15 is 0 Å². The van der Waals surface area contributed by atoms with E-state index in [1.807, 2.05) is 24.3 Å². The second-order valence-electron chi connectivity index (χ2n) is 8.96. The van der Waals surface area contributed by atoms with Crippen molar-refractivity contribution in [3.8, 4) is 52.8 Å². The third-order valence-corrected chi connectivity index (χ3v) is 5.77. The van der Waals surface area contributed by atoms with Crippen molar-refractivity contribution < 1.29 is 28.6 Å². The van der Waals surface area contributed by atoms with Crippen LogP contribution >= 0.6 is 0 Å². The summed E-state index contributed by atoms with van der Waals surface area (Å²) in [6.45, 7) is 10.2. The molecule has 0 aliphatic rings. The van der Waals surface area contributed by atoms with Crippen LogP contribution in [-0.2, 0) is 14.4 Å². The van der Waals surface area contributed by atoms with Crippen molar-refractivity contribution in [3.63, 3.8) is 0 Å². The van der Waals surface area contributed by atoms with Crippen molar-refractivity contribution in [1.82, 2.24) is 0 Å². The Balaban J connectivity index is 1.48. The van der Waals surface area contributed by atoms with E-state index in [0.29, 0.717) is 28.2 Å². The first-order chi connectivity index (χ1) is 21.8. The minimum absolute atomic E-state index is 0.249. The molecule has 4 rings (SSSR count). The normalized spacial score (nSPS) is 9.33. The van der Waals surface area contributed by atoms with E-state index in [1.165, 1.54) is 0 Å².